The van der Waals surface area contributed by atoms with Crippen molar-refractivity contribution in [3.8, 4) is 11.5 Å². The van der Waals surface area contributed by atoms with E-state index in [9.17, 15) is 4.79 Å². The number of halogens is 1. The first-order valence-electron chi connectivity index (χ1n) is 11.2. The van der Waals surface area contributed by atoms with Gasteiger partial charge in [-0.05, 0) is 73.2 Å². The second-order valence-electron chi connectivity index (χ2n) is 8.31. The van der Waals surface area contributed by atoms with Crippen LogP contribution in [0.2, 0.25) is 0 Å². The number of esters is 1. The van der Waals surface area contributed by atoms with E-state index >= 15 is 0 Å². The predicted molar refractivity (Wildman–Crippen MR) is 135 cm³/mol. The van der Waals surface area contributed by atoms with Crippen LogP contribution in [0.25, 0.3) is 11.2 Å². The summed E-state index contributed by atoms with van der Waals surface area (Å²) in [5.41, 5.74) is 13.4. The van der Waals surface area contributed by atoms with Crippen molar-refractivity contribution in [2.45, 2.75) is 67.3 Å². The van der Waals surface area contributed by atoms with Gasteiger partial charge in [0.1, 0.15) is 18.5 Å². The number of carbonyl (C=O) groups excluding carboxylic acids is 1. The number of aryl methyl sites for hydroxylation is 1. The molecule has 12 heteroatoms. The highest BCUT2D eigenvalue weighted by Gasteiger charge is 2.24. The minimum Gasteiger partial charge on any atom is -0.461 e. The van der Waals surface area contributed by atoms with Crippen LogP contribution in [0.4, 0.5) is 5.82 Å². The Balaban J connectivity index is 1.33. The number of nitrogens with zero attached hydrogens (tertiary/aromatic N) is 4. The molecule has 34 heavy (non-hydrogen) atoms. The van der Waals surface area contributed by atoms with E-state index in [0.717, 1.165) is 45.1 Å². The van der Waals surface area contributed by atoms with Gasteiger partial charge in [-0.25, -0.2) is 15.0 Å². The lowest BCUT2D eigenvalue weighted by atomic mass is 10.1. The molecule has 2 aromatic heterocycles. The number of carbonyl (C=O) groups is 1. The number of ether oxygens (including phenoxy) is 3. The molecule has 0 unspecified atom stereocenters. The number of imidazole rings is 1. The van der Waals surface area contributed by atoms with Crippen LogP contribution >= 0.6 is 34.4 Å². The second-order valence-corrected chi connectivity index (χ2v) is 10.5. The van der Waals surface area contributed by atoms with E-state index in [0.29, 0.717) is 42.1 Å². The number of hydrogen-bond acceptors (Lipinski definition) is 10. The summed E-state index contributed by atoms with van der Waals surface area (Å²) < 4.78 is 19.6. The Kier molecular flexibility index (Phi) is 6.97. The number of benzene rings is 1. The molecule has 5 rings (SSSR count). The highest BCUT2D eigenvalue weighted by molar-refractivity contribution is 14.1. The lowest BCUT2D eigenvalue weighted by molar-refractivity contribution is -0.150. The van der Waals surface area contributed by atoms with Crippen molar-refractivity contribution in [1.29, 1.82) is 0 Å². The van der Waals surface area contributed by atoms with Gasteiger partial charge >= 0.3 is 5.97 Å². The van der Waals surface area contributed by atoms with Crippen molar-refractivity contribution in [1.82, 2.24) is 19.5 Å². The maximum Gasteiger partial charge on any atom is 0.323 e. The van der Waals surface area contributed by atoms with Gasteiger partial charge in [-0.1, -0.05) is 11.8 Å². The normalized spacial score (nSPS) is 16.3. The molecule has 10 nitrogen and oxygen atoms in total. The van der Waals surface area contributed by atoms with Crippen molar-refractivity contribution in [2.75, 3.05) is 12.5 Å². The van der Waals surface area contributed by atoms with E-state index in [-0.39, 0.29) is 18.9 Å². The predicted octanol–water partition coefficient (Wildman–Crippen LogP) is 3.49. The molecule has 1 aliphatic heterocycles. The number of rotatable bonds is 8. The Bertz CT molecular complexity index is 1220. The molecule has 4 N–H and O–H groups in total. The van der Waals surface area contributed by atoms with Gasteiger partial charge in [0.05, 0.1) is 0 Å². The van der Waals surface area contributed by atoms with E-state index in [1.54, 1.807) is 0 Å². The smallest absolute Gasteiger partial charge is 0.323 e. The van der Waals surface area contributed by atoms with Crippen molar-refractivity contribution in [3.63, 3.8) is 0 Å². The summed E-state index contributed by atoms with van der Waals surface area (Å²) in [6, 6.07) is 3.24. The molecule has 1 atom stereocenters. The third-order valence-corrected chi connectivity index (χ3v) is 8.25. The molecule has 1 fully saturated rings. The third kappa shape index (κ3) is 4.89. The number of fused-ring (bicyclic) bond motifs is 2. The molecule has 0 bridgehead atoms. The number of nitrogen functional groups attached to an aromatic ring is 1. The number of nitrogens with two attached hydrogens (primary N) is 2. The van der Waals surface area contributed by atoms with E-state index in [1.165, 1.54) is 18.1 Å². The molecule has 0 spiro atoms. The molecule has 0 amide bonds. The topological polar surface area (TPSA) is 140 Å². The molecular formula is C22H25IN6O4S. The average Bonchev–Trinajstić information content (AvgIpc) is 3.56. The summed E-state index contributed by atoms with van der Waals surface area (Å²) in [4.78, 5) is 26.5. The van der Waals surface area contributed by atoms with Crippen molar-refractivity contribution < 1.29 is 19.0 Å². The summed E-state index contributed by atoms with van der Waals surface area (Å²) in [7, 11) is 0. The zero-order valence-electron chi connectivity index (χ0n) is 18.4. The van der Waals surface area contributed by atoms with Gasteiger partial charge in [0, 0.05) is 15.0 Å². The van der Waals surface area contributed by atoms with Crippen LogP contribution < -0.4 is 20.9 Å². The first-order valence-corrected chi connectivity index (χ1v) is 13.1. The third-order valence-electron chi connectivity index (χ3n) is 5.94. The van der Waals surface area contributed by atoms with E-state index in [1.807, 2.05) is 16.7 Å². The zero-order valence-corrected chi connectivity index (χ0v) is 21.4. The Labute approximate surface area is 214 Å². The average molecular weight is 596 g/mol. The van der Waals surface area contributed by atoms with Gasteiger partial charge in [0.25, 0.3) is 0 Å². The van der Waals surface area contributed by atoms with Crippen LogP contribution in [0.5, 0.6) is 11.5 Å². The van der Waals surface area contributed by atoms with Crippen LogP contribution in [-0.2, 0) is 16.1 Å². The van der Waals surface area contributed by atoms with Crippen LogP contribution in [-0.4, -0.2) is 44.4 Å². The molecule has 1 aromatic carbocycles. The lowest BCUT2D eigenvalue weighted by Gasteiger charge is -2.16. The van der Waals surface area contributed by atoms with Gasteiger partial charge in [0.2, 0.25) is 6.79 Å². The molecule has 1 aliphatic carbocycles. The van der Waals surface area contributed by atoms with Gasteiger partial charge < -0.3 is 30.2 Å². The van der Waals surface area contributed by atoms with Crippen molar-refractivity contribution >= 4 is 57.3 Å². The van der Waals surface area contributed by atoms with Crippen LogP contribution in [0.3, 0.4) is 0 Å². The largest absolute Gasteiger partial charge is 0.461 e. The molecule has 180 valence electrons. The standard InChI is InChI=1S/C22H25IN6O4S/c23-13-8-15-16(32-11-31-15)9-17(13)34-22-28-18-19(25)26-10-27-20(18)29(22)7-3-6-14(24)21(30)33-12-4-1-2-5-12/h8-10,12,14H,1-7,11,24H2,(H2,25,26,27)/t14-/m0/s1. The van der Waals surface area contributed by atoms with Crippen molar-refractivity contribution in [3.05, 3.63) is 22.0 Å². The van der Waals surface area contributed by atoms with Gasteiger partial charge in [-0.15, -0.1) is 0 Å². The molecule has 3 heterocycles. The first-order chi connectivity index (χ1) is 16.5. The number of aromatic nitrogens is 4. The van der Waals surface area contributed by atoms with E-state index in [2.05, 4.69) is 32.6 Å². The van der Waals surface area contributed by atoms with Crippen molar-refractivity contribution in [2.24, 2.45) is 5.73 Å². The highest BCUT2D eigenvalue weighted by atomic mass is 127. The highest BCUT2D eigenvalue weighted by Crippen LogP contribution is 2.41. The van der Waals surface area contributed by atoms with Gasteiger partial charge in [-0.2, -0.15) is 0 Å². The summed E-state index contributed by atoms with van der Waals surface area (Å²) in [6.07, 6.45) is 6.67. The minimum atomic E-state index is -0.652. The minimum absolute atomic E-state index is 0.0167. The van der Waals surface area contributed by atoms with E-state index in [4.69, 9.17) is 30.7 Å². The molecule has 0 saturated heterocycles. The Morgan fingerprint density at radius 3 is 2.82 bits per heavy atom. The van der Waals surface area contributed by atoms with Crippen LogP contribution in [0, 0.1) is 3.57 Å². The molecule has 1 saturated carbocycles. The van der Waals surface area contributed by atoms with Gasteiger partial charge in [-0.3, -0.25) is 4.79 Å². The Morgan fingerprint density at radius 2 is 2.03 bits per heavy atom. The summed E-state index contributed by atoms with van der Waals surface area (Å²) in [5, 5.41) is 0.723. The zero-order chi connectivity index (χ0) is 23.7. The maximum atomic E-state index is 12.4. The maximum absolute atomic E-state index is 12.4. The van der Waals surface area contributed by atoms with E-state index < -0.39 is 6.04 Å². The number of anilines is 1. The Morgan fingerprint density at radius 1 is 1.26 bits per heavy atom. The first kappa shape index (κ1) is 23.4. The molecule has 0 radical (unpaired) electrons. The SMILES string of the molecule is Nc1ncnc2c1nc(Sc1cc3c(cc1I)OCO3)n2CCC[C@H](N)C(=O)OC1CCCC1. The summed E-state index contributed by atoms with van der Waals surface area (Å²) in [6.45, 7) is 0.786. The fourth-order valence-electron chi connectivity index (χ4n) is 4.13. The van der Waals surface area contributed by atoms with Crippen LogP contribution in [0.1, 0.15) is 38.5 Å². The summed E-state index contributed by atoms with van der Waals surface area (Å²) in [5.74, 6) is 1.44. The lowest BCUT2D eigenvalue weighted by Crippen LogP contribution is -2.34. The fourth-order valence-corrected chi connectivity index (χ4v) is 5.85. The Hall–Kier alpha value is -2.32. The summed E-state index contributed by atoms with van der Waals surface area (Å²) >= 11 is 3.76. The molecule has 2 aliphatic rings. The molecular weight excluding hydrogens is 571 g/mol. The van der Waals surface area contributed by atoms with Crippen LogP contribution in [0.15, 0.2) is 28.5 Å². The quantitative estimate of drug-likeness (QED) is 0.293. The molecule has 3 aromatic rings. The fraction of sp³-hybridized carbons (Fsp3) is 0.455. The number of hydrogen-bond donors (Lipinski definition) is 2. The monoisotopic (exact) mass is 596 g/mol. The van der Waals surface area contributed by atoms with Gasteiger partial charge in [0.15, 0.2) is 33.6 Å². The second kappa shape index (κ2) is 10.1.